The van der Waals surface area contributed by atoms with Crippen LogP contribution in [0, 0.1) is 0 Å². The van der Waals surface area contributed by atoms with Crippen LogP contribution in [0.1, 0.15) is 25.7 Å². The molecule has 26 heavy (non-hydrogen) atoms. The van der Waals surface area contributed by atoms with Crippen LogP contribution < -0.4 is 9.47 Å². The predicted octanol–water partition coefficient (Wildman–Crippen LogP) is 3.20. The van der Waals surface area contributed by atoms with Crippen LogP contribution in [0.15, 0.2) is 36.5 Å². The molecular weight excluding hydrogens is 334 g/mol. The number of fused-ring (bicyclic) bond motifs is 2. The van der Waals surface area contributed by atoms with Gasteiger partial charge in [-0.25, -0.2) is 9.78 Å². The van der Waals surface area contributed by atoms with E-state index in [4.69, 9.17) is 9.47 Å². The predicted molar refractivity (Wildman–Crippen MR) is 94.3 cm³/mol. The fourth-order valence-electron chi connectivity index (χ4n) is 4.00. The number of carboxylic acid groups (broad SMARTS) is 1. The first-order valence-corrected chi connectivity index (χ1v) is 8.79. The second-order valence-corrected chi connectivity index (χ2v) is 6.74. The molecular formula is C19H21N3O4. The number of rotatable bonds is 4. The number of methoxy groups -OCH3 is 1. The zero-order valence-corrected chi connectivity index (χ0v) is 14.5. The van der Waals surface area contributed by atoms with E-state index >= 15 is 0 Å². The van der Waals surface area contributed by atoms with E-state index in [1.807, 2.05) is 30.3 Å². The summed E-state index contributed by atoms with van der Waals surface area (Å²) in [4.78, 5) is 21.7. The minimum Gasteiger partial charge on any atom is -0.497 e. The molecule has 0 radical (unpaired) electrons. The maximum absolute atomic E-state index is 11.4. The van der Waals surface area contributed by atoms with Gasteiger partial charge in [0.25, 0.3) is 0 Å². The molecule has 2 fully saturated rings. The van der Waals surface area contributed by atoms with Crippen LogP contribution in [0.25, 0.3) is 11.3 Å². The van der Waals surface area contributed by atoms with Crippen LogP contribution in [-0.2, 0) is 0 Å². The van der Waals surface area contributed by atoms with Crippen molar-refractivity contribution in [1.82, 2.24) is 14.9 Å². The van der Waals surface area contributed by atoms with E-state index in [9.17, 15) is 9.90 Å². The summed E-state index contributed by atoms with van der Waals surface area (Å²) in [5, 5.41) is 9.35. The normalized spacial score (nSPS) is 24.3. The third kappa shape index (κ3) is 3.16. The standard InChI is InChI=1S/C19H21N3O4/c1-25-15-6-2-12(3-7-15)17-8-9-20-18(21-17)26-16-10-13-4-5-14(11-16)22(13)19(23)24/h2-3,6-9,13-14,16H,4-5,10-11H2,1H3,(H,23,24). The number of piperidine rings is 1. The molecule has 2 aliphatic heterocycles. The zero-order chi connectivity index (χ0) is 18.1. The molecule has 2 aromatic rings. The van der Waals surface area contributed by atoms with E-state index in [2.05, 4.69) is 9.97 Å². The molecule has 0 spiro atoms. The van der Waals surface area contributed by atoms with Gasteiger partial charge in [-0.05, 0) is 43.2 Å². The fourth-order valence-corrected chi connectivity index (χ4v) is 4.00. The van der Waals surface area contributed by atoms with Crippen molar-refractivity contribution in [2.45, 2.75) is 43.9 Å². The Labute approximate surface area is 151 Å². The Morgan fingerprint density at radius 1 is 1.15 bits per heavy atom. The molecule has 1 N–H and O–H groups in total. The van der Waals surface area contributed by atoms with Crippen molar-refractivity contribution >= 4 is 6.09 Å². The average molecular weight is 355 g/mol. The van der Waals surface area contributed by atoms with E-state index in [1.54, 1.807) is 18.2 Å². The van der Waals surface area contributed by atoms with Crippen molar-refractivity contribution in [2.75, 3.05) is 7.11 Å². The maximum atomic E-state index is 11.4. The largest absolute Gasteiger partial charge is 0.497 e. The van der Waals surface area contributed by atoms with Crippen LogP contribution in [0.5, 0.6) is 11.8 Å². The molecule has 4 rings (SSSR count). The lowest BCUT2D eigenvalue weighted by molar-refractivity contribution is 0.0456. The van der Waals surface area contributed by atoms with Crippen molar-refractivity contribution in [1.29, 1.82) is 0 Å². The molecule has 7 heteroatoms. The first-order chi connectivity index (χ1) is 12.6. The van der Waals surface area contributed by atoms with Gasteiger partial charge < -0.3 is 19.5 Å². The van der Waals surface area contributed by atoms with Gasteiger partial charge in [-0.2, -0.15) is 4.98 Å². The topological polar surface area (TPSA) is 84.8 Å². The zero-order valence-electron chi connectivity index (χ0n) is 14.5. The number of carbonyl (C=O) groups is 1. The van der Waals surface area contributed by atoms with Gasteiger partial charge >= 0.3 is 12.1 Å². The number of nitrogens with zero attached hydrogens (tertiary/aromatic N) is 3. The number of aromatic nitrogens is 2. The Morgan fingerprint density at radius 3 is 2.46 bits per heavy atom. The highest BCUT2D eigenvalue weighted by Crippen LogP contribution is 2.37. The van der Waals surface area contributed by atoms with Crippen molar-refractivity contribution in [3.63, 3.8) is 0 Å². The van der Waals surface area contributed by atoms with Crippen LogP contribution in [0.4, 0.5) is 4.79 Å². The van der Waals surface area contributed by atoms with Gasteiger partial charge in [0, 0.05) is 36.7 Å². The highest BCUT2D eigenvalue weighted by molar-refractivity contribution is 5.66. The van der Waals surface area contributed by atoms with Crippen molar-refractivity contribution in [2.24, 2.45) is 0 Å². The smallest absolute Gasteiger partial charge is 0.407 e. The van der Waals surface area contributed by atoms with Gasteiger partial charge in [0.15, 0.2) is 0 Å². The lowest BCUT2D eigenvalue weighted by atomic mass is 10.0. The van der Waals surface area contributed by atoms with Crippen LogP contribution in [0.3, 0.4) is 0 Å². The monoisotopic (exact) mass is 355 g/mol. The van der Waals surface area contributed by atoms with Gasteiger partial charge in [-0.1, -0.05) is 0 Å². The summed E-state index contributed by atoms with van der Waals surface area (Å²) in [5.74, 6) is 0.792. The van der Waals surface area contributed by atoms with Gasteiger partial charge in [-0.3, -0.25) is 0 Å². The van der Waals surface area contributed by atoms with Gasteiger partial charge in [0.2, 0.25) is 0 Å². The maximum Gasteiger partial charge on any atom is 0.407 e. The van der Waals surface area contributed by atoms with Gasteiger partial charge in [0.1, 0.15) is 11.9 Å². The highest BCUT2D eigenvalue weighted by Gasteiger charge is 2.44. The molecule has 2 atom stereocenters. The number of benzene rings is 1. The van der Waals surface area contributed by atoms with E-state index < -0.39 is 6.09 Å². The molecule has 1 aromatic heterocycles. The minimum atomic E-state index is -0.825. The SMILES string of the molecule is COc1ccc(-c2ccnc(OC3CC4CCC(C3)N4C(=O)O)n2)cc1. The van der Waals surface area contributed by atoms with Gasteiger partial charge in [-0.15, -0.1) is 0 Å². The van der Waals surface area contributed by atoms with Gasteiger partial charge in [0.05, 0.1) is 12.8 Å². The molecule has 2 bridgehead atoms. The Kier molecular flexibility index (Phi) is 4.36. The molecule has 1 amide bonds. The lowest BCUT2D eigenvalue weighted by Crippen LogP contribution is -2.48. The Balaban J connectivity index is 1.47. The summed E-state index contributed by atoms with van der Waals surface area (Å²) >= 11 is 0. The van der Waals surface area contributed by atoms with E-state index in [-0.39, 0.29) is 18.2 Å². The van der Waals surface area contributed by atoms with E-state index in [1.165, 1.54) is 0 Å². The fraction of sp³-hybridized carbons (Fsp3) is 0.421. The molecule has 2 unspecified atom stereocenters. The number of hydrogen-bond donors (Lipinski definition) is 1. The number of amides is 1. The Morgan fingerprint density at radius 2 is 1.85 bits per heavy atom. The second-order valence-electron chi connectivity index (χ2n) is 6.74. The average Bonchev–Trinajstić information content (AvgIpc) is 2.94. The lowest BCUT2D eigenvalue weighted by Gasteiger charge is -2.36. The molecule has 1 aromatic carbocycles. The summed E-state index contributed by atoms with van der Waals surface area (Å²) in [6, 6.07) is 9.92. The highest BCUT2D eigenvalue weighted by atomic mass is 16.5. The number of hydrogen-bond acceptors (Lipinski definition) is 5. The van der Waals surface area contributed by atoms with E-state index in [0.717, 1.165) is 29.8 Å². The van der Waals surface area contributed by atoms with Crippen molar-refractivity contribution < 1.29 is 19.4 Å². The van der Waals surface area contributed by atoms with Crippen molar-refractivity contribution in [3.05, 3.63) is 36.5 Å². The summed E-state index contributed by atoms with van der Waals surface area (Å²) in [6.45, 7) is 0. The summed E-state index contributed by atoms with van der Waals surface area (Å²) < 4.78 is 11.2. The summed E-state index contributed by atoms with van der Waals surface area (Å²) in [7, 11) is 1.63. The molecule has 0 saturated carbocycles. The first-order valence-electron chi connectivity index (χ1n) is 8.79. The van der Waals surface area contributed by atoms with Crippen LogP contribution in [-0.4, -0.2) is 51.4 Å². The van der Waals surface area contributed by atoms with Crippen LogP contribution in [0.2, 0.25) is 0 Å². The quantitative estimate of drug-likeness (QED) is 0.906. The van der Waals surface area contributed by atoms with E-state index in [0.29, 0.717) is 18.9 Å². The minimum absolute atomic E-state index is 0.0426. The first kappa shape index (κ1) is 16.6. The molecule has 2 saturated heterocycles. The molecule has 136 valence electrons. The molecule has 7 nitrogen and oxygen atoms in total. The van der Waals surface area contributed by atoms with Crippen molar-refractivity contribution in [3.8, 4) is 23.0 Å². The third-order valence-electron chi connectivity index (χ3n) is 5.20. The summed E-state index contributed by atoms with van der Waals surface area (Å²) in [6.07, 6.45) is 4.01. The Hall–Kier alpha value is -2.83. The molecule has 3 heterocycles. The second kappa shape index (κ2) is 6.82. The number of ether oxygens (including phenoxy) is 2. The van der Waals surface area contributed by atoms with Crippen LogP contribution >= 0.6 is 0 Å². The summed E-state index contributed by atoms with van der Waals surface area (Å²) in [5.41, 5.74) is 1.74. The Bertz CT molecular complexity index is 782. The molecule has 0 aliphatic carbocycles. The molecule has 2 aliphatic rings. The third-order valence-corrected chi connectivity index (χ3v) is 5.20.